The van der Waals surface area contributed by atoms with Crippen LogP contribution in [0.25, 0.3) is 55.6 Å². The number of hydrogen-bond acceptors (Lipinski definition) is 10. The van der Waals surface area contributed by atoms with Crippen molar-refractivity contribution in [2.24, 2.45) is 0 Å². The minimum Gasteiger partial charge on any atom is -0.309 e. The minimum atomic E-state index is 0.911. The Morgan fingerprint density at radius 1 is 0.157 bits per heavy atom. The lowest BCUT2D eigenvalue weighted by molar-refractivity contribution is 0.969. The van der Waals surface area contributed by atoms with Gasteiger partial charge in [0, 0.05) is 130 Å². The Kier molecular flexibility index (Phi) is 16.9. The Morgan fingerprint density at radius 3 is 0.814 bits per heavy atom. The second kappa shape index (κ2) is 30.3. The van der Waals surface area contributed by atoms with Crippen molar-refractivity contribution >= 4 is 85.4 Å². The SMILES string of the molecule is c1ccc2c(c1)Cc1cc3c4c(c1-2)Cc1ccccc1N4c1ccncc1C3.c1ccc2c(c1)Cc1cc3c4c(c1-2)Cc1ccccc1N4c1cnccc1C3.c1ccc2c(c1)Cc1cc3c4c(c1-2)Cc1ccccc1N4c1ncccc1C3.c1ccc2c(c1)Cc1cc3c4c(c1-2)Cc1cnccc1N4c1ccccc1C3.c1ccc2c(c1)Cc1cc3c4c(c1-2)Cc1ncccc1N4c1ccccc1C3. The highest BCUT2D eigenvalue weighted by atomic mass is 15.2. The van der Waals surface area contributed by atoms with E-state index in [1.54, 1.807) is 0 Å². The molecule has 35 rings (SSSR count). The van der Waals surface area contributed by atoms with Crippen molar-refractivity contribution in [3.05, 3.63) is 532 Å². The van der Waals surface area contributed by atoms with Crippen LogP contribution in [0, 0.1) is 0 Å². The third kappa shape index (κ3) is 11.6. The molecule has 140 heavy (non-hydrogen) atoms. The van der Waals surface area contributed by atoms with E-state index in [2.05, 4.69) is 361 Å². The number of pyridine rings is 5. The lowest BCUT2D eigenvalue weighted by Gasteiger charge is -2.40. The number of anilines is 15. The van der Waals surface area contributed by atoms with Crippen LogP contribution < -0.4 is 24.5 Å². The van der Waals surface area contributed by atoms with E-state index in [1.807, 2.05) is 43.4 Å². The van der Waals surface area contributed by atoms with E-state index in [1.165, 1.54) is 302 Å². The molecule has 0 atom stereocenters. The van der Waals surface area contributed by atoms with Crippen LogP contribution in [-0.2, 0) is 96.3 Å². The van der Waals surface area contributed by atoms with E-state index in [-0.39, 0.29) is 0 Å². The molecular formula is C130H90N10. The summed E-state index contributed by atoms with van der Waals surface area (Å²) in [6.07, 6.45) is 30.8. The molecule has 20 aromatic rings. The predicted octanol–water partition coefficient (Wildman–Crippen LogP) is 29.7. The summed E-state index contributed by atoms with van der Waals surface area (Å²) in [4.78, 5) is 35.3. The molecule has 10 heteroatoms. The van der Waals surface area contributed by atoms with E-state index in [0.29, 0.717) is 0 Å². The molecule has 0 saturated carbocycles. The van der Waals surface area contributed by atoms with E-state index >= 15 is 0 Å². The van der Waals surface area contributed by atoms with Gasteiger partial charge < -0.3 is 19.6 Å². The summed E-state index contributed by atoms with van der Waals surface area (Å²) in [5.41, 5.74) is 75.8. The van der Waals surface area contributed by atoms with Gasteiger partial charge in [-0.05, 0) is 316 Å². The summed E-state index contributed by atoms with van der Waals surface area (Å²) in [5, 5.41) is 0. The van der Waals surface area contributed by atoms with Gasteiger partial charge in [-0.2, -0.15) is 0 Å². The average Bonchev–Trinajstić information content (AvgIpc) is 1.65. The first kappa shape index (κ1) is 78.3. The average molecular weight is 1790 g/mol. The normalized spacial score (nSPS) is 14.6. The topological polar surface area (TPSA) is 80.7 Å². The number of aromatic nitrogens is 5. The number of nitrogens with zero attached hydrogens (tertiary/aromatic N) is 10. The number of hydrogen-bond donors (Lipinski definition) is 0. The van der Waals surface area contributed by atoms with Crippen LogP contribution in [0.15, 0.2) is 365 Å². The van der Waals surface area contributed by atoms with Gasteiger partial charge in [0.15, 0.2) is 0 Å². The largest absolute Gasteiger partial charge is 0.309 e. The van der Waals surface area contributed by atoms with Gasteiger partial charge in [0.2, 0.25) is 0 Å². The lowest BCUT2D eigenvalue weighted by Crippen LogP contribution is -2.26. The molecule has 5 aliphatic carbocycles. The highest BCUT2D eigenvalue weighted by Gasteiger charge is 2.44. The van der Waals surface area contributed by atoms with E-state index in [0.717, 1.165) is 102 Å². The summed E-state index contributed by atoms with van der Waals surface area (Å²) in [6, 6.07) is 116. The maximum Gasteiger partial charge on any atom is 0.141 e. The fraction of sp³-hybridized carbons (Fsp3) is 0.115. The molecule has 0 N–H and O–H groups in total. The van der Waals surface area contributed by atoms with Gasteiger partial charge in [0.1, 0.15) is 5.82 Å². The number of fused-ring (bicyclic) bond motifs is 40. The van der Waals surface area contributed by atoms with Crippen LogP contribution in [0.2, 0.25) is 0 Å². The quantitative estimate of drug-likeness (QED) is 0.146. The first-order chi connectivity index (χ1) is 69.4. The van der Waals surface area contributed by atoms with Crippen molar-refractivity contribution < 1.29 is 0 Å². The number of rotatable bonds is 0. The monoisotopic (exact) mass is 1790 g/mol. The van der Waals surface area contributed by atoms with Gasteiger partial charge in [-0.25, -0.2) is 4.98 Å². The second-order valence-electron chi connectivity index (χ2n) is 40.2. The number of para-hydroxylation sites is 5. The van der Waals surface area contributed by atoms with Crippen molar-refractivity contribution in [2.75, 3.05) is 24.5 Å². The zero-order valence-corrected chi connectivity index (χ0v) is 77.2. The summed E-state index contributed by atoms with van der Waals surface area (Å²) in [6.45, 7) is 0. The van der Waals surface area contributed by atoms with Crippen molar-refractivity contribution in [1.29, 1.82) is 0 Å². The molecular weight excluding hydrogens is 1700 g/mol. The van der Waals surface area contributed by atoms with Gasteiger partial charge >= 0.3 is 0 Å². The van der Waals surface area contributed by atoms with Gasteiger partial charge in [-0.3, -0.25) is 24.8 Å². The van der Waals surface area contributed by atoms with Crippen LogP contribution in [0.1, 0.15) is 167 Å². The highest BCUT2D eigenvalue weighted by molar-refractivity contribution is 6.02. The molecule has 15 aliphatic rings. The van der Waals surface area contributed by atoms with Crippen LogP contribution in [0.3, 0.4) is 0 Å². The molecule has 0 radical (unpaired) electrons. The van der Waals surface area contributed by atoms with Crippen molar-refractivity contribution in [3.63, 3.8) is 0 Å². The van der Waals surface area contributed by atoms with Crippen LogP contribution >= 0.6 is 0 Å². The van der Waals surface area contributed by atoms with Gasteiger partial charge in [-0.15, -0.1) is 0 Å². The van der Waals surface area contributed by atoms with E-state index in [9.17, 15) is 0 Å². The fourth-order valence-electron chi connectivity index (χ4n) is 27.2. The maximum atomic E-state index is 4.81. The van der Waals surface area contributed by atoms with E-state index < -0.39 is 0 Å². The van der Waals surface area contributed by atoms with Crippen LogP contribution in [0.5, 0.6) is 0 Å². The minimum absolute atomic E-state index is 0.911. The first-order valence-electron chi connectivity index (χ1n) is 49.8. The Hall–Kier alpha value is -17.0. The summed E-state index contributed by atoms with van der Waals surface area (Å²) in [7, 11) is 0. The first-order valence-corrected chi connectivity index (χ1v) is 49.8. The van der Waals surface area contributed by atoms with E-state index in [4.69, 9.17) is 9.97 Å². The molecule has 15 heterocycles. The highest BCUT2D eigenvalue weighted by Crippen LogP contribution is 2.63. The molecule has 0 amide bonds. The zero-order chi connectivity index (χ0) is 91.2. The molecule has 15 aromatic carbocycles. The lowest BCUT2D eigenvalue weighted by atomic mass is 9.82. The molecule has 0 fully saturated rings. The predicted molar refractivity (Wildman–Crippen MR) is 564 cm³/mol. The number of benzene rings is 15. The Bertz CT molecular complexity index is 7640. The van der Waals surface area contributed by atoms with Gasteiger partial charge in [0.25, 0.3) is 0 Å². The molecule has 10 aliphatic heterocycles. The Balaban J connectivity index is 0.0000000806. The Morgan fingerprint density at radius 2 is 0.407 bits per heavy atom. The molecule has 0 bridgehead atoms. The fourth-order valence-corrected chi connectivity index (χ4v) is 27.2. The zero-order valence-electron chi connectivity index (χ0n) is 77.2. The van der Waals surface area contributed by atoms with Crippen LogP contribution in [0.4, 0.5) is 85.4 Å². The summed E-state index contributed by atoms with van der Waals surface area (Å²) >= 11 is 0. The van der Waals surface area contributed by atoms with Crippen molar-refractivity contribution in [2.45, 2.75) is 96.3 Å². The van der Waals surface area contributed by atoms with Crippen molar-refractivity contribution in [3.8, 4) is 55.6 Å². The summed E-state index contributed by atoms with van der Waals surface area (Å²) < 4.78 is 0. The van der Waals surface area contributed by atoms with Crippen molar-refractivity contribution in [1.82, 2.24) is 24.9 Å². The smallest absolute Gasteiger partial charge is 0.141 e. The summed E-state index contributed by atoms with van der Waals surface area (Å²) in [5.74, 6) is 1.09. The van der Waals surface area contributed by atoms with Crippen LogP contribution in [-0.4, -0.2) is 24.9 Å². The molecule has 0 saturated heterocycles. The standard InChI is InChI=1S/5C26H18N2/c1-3-9-21-16(6-1)12-19-14-20-13-18-8-5-11-27-26(18)28-23-10-4-2-7-17(23)15-22(24(19)21)25(20)28;1-3-8-20-16(6-1)12-18-14-19-13-17-7-2-4-9-23(17)28-24-10-5-11-27-22(24)15-21(25(18)20)26(19)28;1-3-7-21-16(5-1)11-18-12-19-13-20-15-27-10-9-24(20)28-23-8-4-2-6-17(23)14-22(25(18)21)26(19)28;1-3-7-21-16(5-1)11-19-13-20-12-18-9-10-27-15-24(18)28-23-8-4-2-6-17(23)14-22(25(19)21)26(20)28;1-3-7-21-16(5-1)11-18-13-19-12-17-6-2-4-8-23(17)28-24-9-10-27-15-20(24)14-22(25(18)21)26(19)28/h2*1-11,14H,12-13,15H2;1-10,12,15H,11,13-14H2;2*1-10,13,15H,11-12,14H2. The third-order valence-electron chi connectivity index (χ3n) is 32.7. The molecule has 0 unspecified atom stereocenters. The second-order valence-corrected chi connectivity index (χ2v) is 40.2. The van der Waals surface area contributed by atoms with Gasteiger partial charge in [-0.1, -0.05) is 249 Å². The van der Waals surface area contributed by atoms with Gasteiger partial charge in [0.05, 0.1) is 68.8 Å². The molecule has 0 spiro atoms. The third-order valence-corrected chi connectivity index (χ3v) is 32.7. The molecule has 10 nitrogen and oxygen atoms in total. The molecule has 5 aromatic heterocycles. The molecule has 660 valence electrons. The Labute approximate surface area is 813 Å². The maximum absolute atomic E-state index is 4.81.